The van der Waals surface area contributed by atoms with Crippen molar-refractivity contribution in [2.24, 2.45) is 0 Å². The molecule has 170 valence electrons. The summed E-state index contributed by atoms with van der Waals surface area (Å²) in [6.45, 7) is 20.1. The van der Waals surface area contributed by atoms with Gasteiger partial charge in [0.05, 0.1) is 0 Å². The molecule has 0 unspecified atom stereocenters. The highest BCUT2D eigenvalue weighted by atomic mass is 15.2. The van der Waals surface area contributed by atoms with Crippen LogP contribution < -0.4 is 0 Å². The van der Waals surface area contributed by atoms with E-state index in [4.69, 9.17) is 0 Å². The second kappa shape index (κ2) is 18.9. The van der Waals surface area contributed by atoms with Crippen molar-refractivity contribution in [2.75, 3.05) is 32.7 Å². The molecular weight excluding hydrogens is 340 g/mol. The third-order valence-corrected chi connectivity index (χ3v) is 6.78. The molecule has 0 spiro atoms. The lowest BCUT2D eigenvalue weighted by molar-refractivity contribution is 0.122. The molecule has 0 radical (unpaired) electrons. The Morgan fingerprint density at radius 2 is 0.821 bits per heavy atom. The highest BCUT2D eigenvalue weighted by Gasteiger charge is 2.23. The maximum absolute atomic E-state index is 2.61. The minimum Gasteiger partial charge on any atom is -0.304 e. The second-order valence-electron chi connectivity index (χ2n) is 9.36. The molecule has 0 saturated heterocycles. The van der Waals surface area contributed by atoms with Gasteiger partial charge < -0.3 is 4.90 Å². The largest absolute Gasteiger partial charge is 0.304 e. The molecule has 0 aromatic carbocycles. The fourth-order valence-electron chi connectivity index (χ4n) is 4.62. The number of nitrogens with zero attached hydrogens (tertiary/aromatic N) is 2. The van der Waals surface area contributed by atoms with Crippen LogP contribution in [0.3, 0.4) is 0 Å². The summed E-state index contributed by atoms with van der Waals surface area (Å²) < 4.78 is 0. The first kappa shape index (κ1) is 27.9. The first-order valence-corrected chi connectivity index (χ1v) is 13.0. The SMILES string of the molecule is CCN(CC)CCCCCCCCCCCCCCCC(C)(C)N(CC)CC. The van der Waals surface area contributed by atoms with E-state index >= 15 is 0 Å². The van der Waals surface area contributed by atoms with Crippen molar-refractivity contribution in [1.82, 2.24) is 9.80 Å². The van der Waals surface area contributed by atoms with Gasteiger partial charge in [-0.1, -0.05) is 105 Å². The van der Waals surface area contributed by atoms with Gasteiger partial charge in [0.1, 0.15) is 0 Å². The quantitative estimate of drug-likeness (QED) is 0.182. The van der Waals surface area contributed by atoms with E-state index in [1.807, 2.05) is 0 Å². The van der Waals surface area contributed by atoms with Crippen LogP contribution in [0.25, 0.3) is 0 Å². The zero-order chi connectivity index (χ0) is 21.1. The van der Waals surface area contributed by atoms with Gasteiger partial charge in [-0.05, 0) is 59.4 Å². The van der Waals surface area contributed by atoms with Gasteiger partial charge in [0.25, 0.3) is 0 Å². The Morgan fingerprint density at radius 1 is 0.464 bits per heavy atom. The molecule has 0 bridgehead atoms. The summed E-state index contributed by atoms with van der Waals surface area (Å²) in [5.41, 5.74) is 0.384. The second-order valence-corrected chi connectivity index (χ2v) is 9.36. The standard InChI is InChI=1S/C26H56N2/c1-7-27(8-2)25-23-21-19-17-15-13-11-12-14-16-18-20-22-24-26(5,6)28(9-3)10-4/h7-25H2,1-6H3. The van der Waals surface area contributed by atoms with E-state index in [-0.39, 0.29) is 0 Å². The van der Waals surface area contributed by atoms with Gasteiger partial charge in [-0.25, -0.2) is 0 Å². The number of rotatable bonds is 21. The van der Waals surface area contributed by atoms with Gasteiger partial charge >= 0.3 is 0 Å². The molecule has 0 heterocycles. The first-order valence-electron chi connectivity index (χ1n) is 13.0. The van der Waals surface area contributed by atoms with Crippen molar-refractivity contribution in [3.05, 3.63) is 0 Å². The highest BCUT2D eigenvalue weighted by molar-refractivity contribution is 4.79. The van der Waals surface area contributed by atoms with E-state index in [2.05, 4.69) is 51.3 Å². The highest BCUT2D eigenvalue weighted by Crippen LogP contribution is 2.22. The molecular formula is C26H56N2. The van der Waals surface area contributed by atoms with Crippen LogP contribution >= 0.6 is 0 Å². The zero-order valence-electron chi connectivity index (χ0n) is 20.8. The predicted octanol–water partition coefficient (Wildman–Crippen LogP) is 7.91. The molecule has 0 aromatic heterocycles. The van der Waals surface area contributed by atoms with Crippen LogP contribution in [0.5, 0.6) is 0 Å². The van der Waals surface area contributed by atoms with Gasteiger partial charge in [0, 0.05) is 5.54 Å². The lowest BCUT2D eigenvalue weighted by Crippen LogP contribution is -2.43. The summed E-state index contributed by atoms with van der Waals surface area (Å²) in [6, 6.07) is 0. The van der Waals surface area contributed by atoms with E-state index in [0.717, 1.165) is 0 Å². The fraction of sp³-hybridized carbons (Fsp3) is 1.00. The molecule has 0 aliphatic heterocycles. The van der Waals surface area contributed by atoms with E-state index in [1.165, 1.54) is 123 Å². The van der Waals surface area contributed by atoms with E-state index in [1.54, 1.807) is 0 Å². The molecule has 0 saturated carbocycles. The Hall–Kier alpha value is -0.0800. The third kappa shape index (κ3) is 14.9. The van der Waals surface area contributed by atoms with Crippen molar-refractivity contribution in [3.63, 3.8) is 0 Å². The molecule has 0 amide bonds. The summed E-state index contributed by atoms with van der Waals surface area (Å²) in [5, 5.41) is 0. The summed E-state index contributed by atoms with van der Waals surface area (Å²) in [7, 11) is 0. The summed E-state index contributed by atoms with van der Waals surface area (Å²) in [4.78, 5) is 5.16. The van der Waals surface area contributed by atoms with E-state index in [0.29, 0.717) is 5.54 Å². The normalized spacial score (nSPS) is 12.4. The van der Waals surface area contributed by atoms with Crippen LogP contribution in [0.15, 0.2) is 0 Å². The molecule has 0 atom stereocenters. The minimum atomic E-state index is 0.384. The average Bonchev–Trinajstić information content (AvgIpc) is 2.68. The molecule has 0 aliphatic rings. The van der Waals surface area contributed by atoms with Crippen LogP contribution in [0, 0.1) is 0 Å². The van der Waals surface area contributed by atoms with Crippen LogP contribution in [0.4, 0.5) is 0 Å². The van der Waals surface area contributed by atoms with Crippen molar-refractivity contribution < 1.29 is 0 Å². The summed E-state index contributed by atoms with van der Waals surface area (Å²) in [5.74, 6) is 0. The maximum Gasteiger partial charge on any atom is 0.0153 e. The molecule has 28 heavy (non-hydrogen) atoms. The first-order chi connectivity index (χ1) is 13.5. The van der Waals surface area contributed by atoms with Crippen molar-refractivity contribution in [3.8, 4) is 0 Å². The smallest absolute Gasteiger partial charge is 0.0153 e. The number of hydrogen-bond donors (Lipinski definition) is 0. The predicted molar refractivity (Wildman–Crippen MR) is 129 cm³/mol. The summed E-state index contributed by atoms with van der Waals surface area (Å²) >= 11 is 0. The Labute approximate surface area is 179 Å². The molecule has 0 fully saturated rings. The average molecular weight is 397 g/mol. The Kier molecular flexibility index (Phi) is 18.9. The Bertz CT molecular complexity index is 306. The van der Waals surface area contributed by atoms with Crippen molar-refractivity contribution in [2.45, 2.75) is 137 Å². The molecule has 0 rings (SSSR count). The Balaban J connectivity index is 3.32. The monoisotopic (exact) mass is 396 g/mol. The van der Waals surface area contributed by atoms with Crippen molar-refractivity contribution >= 4 is 0 Å². The van der Waals surface area contributed by atoms with Gasteiger partial charge in [-0.15, -0.1) is 0 Å². The lowest BCUT2D eigenvalue weighted by atomic mass is 9.94. The molecule has 0 aromatic rings. The third-order valence-electron chi connectivity index (χ3n) is 6.78. The molecule has 0 aliphatic carbocycles. The zero-order valence-corrected chi connectivity index (χ0v) is 20.8. The van der Waals surface area contributed by atoms with Gasteiger partial charge in [0.2, 0.25) is 0 Å². The van der Waals surface area contributed by atoms with Crippen LogP contribution in [-0.4, -0.2) is 48.1 Å². The fourth-order valence-corrected chi connectivity index (χ4v) is 4.62. The Morgan fingerprint density at radius 3 is 1.18 bits per heavy atom. The van der Waals surface area contributed by atoms with E-state index < -0.39 is 0 Å². The van der Waals surface area contributed by atoms with Gasteiger partial charge in [0.15, 0.2) is 0 Å². The minimum absolute atomic E-state index is 0.384. The molecule has 2 nitrogen and oxygen atoms in total. The van der Waals surface area contributed by atoms with E-state index in [9.17, 15) is 0 Å². The number of unbranched alkanes of at least 4 members (excludes halogenated alkanes) is 12. The van der Waals surface area contributed by atoms with Gasteiger partial charge in [-0.3, -0.25) is 4.90 Å². The van der Waals surface area contributed by atoms with Crippen LogP contribution in [-0.2, 0) is 0 Å². The lowest BCUT2D eigenvalue weighted by Gasteiger charge is -2.37. The number of hydrogen-bond acceptors (Lipinski definition) is 2. The molecule has 0 N–H and O–H groups in total. The van der Waals surface area contributed by atoms with Crippen molar-refractivity contribution in [1.29, 1.82) is 0 Å². The topological polar surface area (TPSA) is 6.48 Å². The summed E-state index contributed by atoms with van der Waals surface area (Å²) in [6.07, 6.45) is 20.1. The van der Waals surface area contributed by atoms with Gasteiger partial charge in [-0.2, -0.15) is 0 Å². The van der Waals surface area contributed by atoms with Crippen LogP contribution in [0.2, 0.25) is 0 Å². The molecule has 2 heteroatoms. The van der Waals surface area contributed by atoms with Crippen LogP contribution in [0.1, 0.15) is 131 Å². The maximum atomic E-state index is 2.61.